The van der Waals surface area contributed by atoms with Crippen molar-refractivity contribution in [2.45, 2.75) is 31.5 Å². The van der Waals surface area contributed by atoms with Crippen molar-refractivity contribution in [1.82, 2.24) is 14.8 Å². The molecule has 0 N–H and O–H groups in total. The molecule has 1 heterocycles. The summed E-state index contributed by atoms with van der Waals surface area (Å²) >= 11 is 1.67. The van der Waals surface area contributed by atoms with Crippen molar-refractivity contribution in [3.8, 4) is 5.75 Å². The van der Waals surface area contributed by atoms with Crippen LogP contribution in [0.25, 0.3) is 0 Å². The highest BCUT2D eigenvalue weighted by atomic mass is 32.2. The zero-order valence-corrected chi connectivity index (χ0v) is 12.4. The quantitative estimate of drug-likeness (QED) is 0.578. The molecule has 1 aromatic carbocycles. The molecule has 0 fully saturated rings. The lowest BCUT2D eigenvalue weighted by molar-refractivity contribution is 0.318. The van der Waals surface area contributed by atoms with Crippen LogP contribution in [0.15, 0.2) is 35.7 Å². The van der Waals surface area contributed by atoms with Gasteiger partial charge in [0, 0.05) is 11.8 Å². The molecule has 6 heteroatoms. The van der Waals surface area contributed by atoms with E-state index >= 15 is 0 Å². The first-order valence-corrected chi connectivity index (χ1v) is 7.56. The monoisotopic (exact) mass is 295 g/mol. The Morgan fingerprint density at radius 3 is 2.75 bits per heavy atom. The molecule has 2 aromatic rings. The topological polar surface area (TPSA) is 39.9 Å². The second kappa shape index (κ2) is 7.28. The van der Waals surface area contributed by atoms with Crippen LogP contribution in [-0.2, 0) is 0 Å². The van der Waals surface area contributed by atoms with Crippen molar-refractivity contribution in [1.29, 1.82) is 0 Å². The van der Waals surface area contributed by atoms with Crippen LogP contribution in [0, 0.1) is 5.82 Å². The summed E-state index contributed by atoms with van der Waals surface area (Å²) in [5.41, 5.74) is 0. The molecule has 0 saturated heterocycles. The van der Waals surface area contributed by atoms with Gasteiger partial charge in [-0.25, -0.2) is 4.39 Å². The van der Waals surface area contributed by atoms with E-state index in [-0.39, 0.29) is 5.82 Å². The molecular formula is C14H18FN3OS. The van der Waals surface area contributed by atoms with Crippen LogP contribution in [0.5, 0.6) is 5.75 Å². The summed E-state index contributed by atoms with van der Waals surface area (Å²) in [6, 6.07) is 6.43. The van der Waals surface area contributed by atoms with E-state index < -0.39 is 0 Å². The Bertz CT molecular complexity index is 527. The predicted molar refractivity (Wildman–Crippen MR) is 77.6 cm³/mol. The van der Waals surface area contributed by atoms with Crippen LogP contribution in [0.4, 0.5) is 4.39 Å². The highest BCUT2D eigenvalue weighted by molar-refractivity contribution is 7.99. The molecule has 0 amide bonds. The third-order valence-electron chi connectivity index (χ3n) is 2.70. The maximum absolute atomic E-state index is 12.7. The lowest BCUT2D eigenvalue weighted by Gasteiger charge is -2.09. The summed E-state index contributed by atoms with van der Waals surface area (Å²) in [7, 11) is 0. The fraction of sp³-hybridized carbons (Fsp3) is 0.429. The maximum Gasteiger partial charge on any atom is 0.191 e. The average Bonchev–Trinajstić information content (AvgIpc) is 2.89. The van der Waals surface area contributed by atoms with Crippen LogP contribution in [0.1, 0.15) is 26.3 Å². The summed E-state index contributed by atoms with van der Waals surface area (Å²) in [5, 5.41) is 8.95. The van der Waals surface area contributed by atoms with E-state index in [1.807, 2.05) is 4.57 Å². The van der Waals surface area contributed by atoms with Gasteiger partial charge in [-0.1, -0.05) is 11.8 Å². The lowest BCUT2D eigenvalue weighted by atomic mass is 10.3. The first kappa shape index (κ1) is 14.8. The van der Waals surface area contributed by atoms with Gasteiger partial charge in [0.2, 0.25) is 0 Å². The van der Waals surface area contributed by atoms with Crippen LogP contribution in [-0.4, -0.2) is 27.1 Å². The molecule has 0 unspecified atom stereocenters. The Labute approximate surface area is 122 Å². The fourth-order valence-electron chi connectivity index (χ4n) is 1.63. The minimum absolute atomic E-state index is 0.249. The van der Waals surface area contributed by atoms with Crippen LogP contribution >= 0.6 is 11.8 Å². The molecular weight excluding hydrogens is 277 g/mol. The molecule has 4 nitrogen and oxygen atoms in total. The third kappa shape index (κ3) is 4.23. The Hall–Kier alpha value is -1.56. The van der Waals surface area contributed by atoms with E-state index in [2.05, 4.69) is 24.0 Å². The molecule has 0 saturated carbocycles. The zero-order chi connectivity index (χ0) is 14.4. The van der Waals surface area contributed by atoms with Gasteiger partial charge in [0.1, 0.15) is 17.9 Å². The van der Waals surface area contributed by atoms with Crippen molar-refractivity contribution in [2.75, 3.05) is 12.4 Å². The molecule has 20 heavy (non-hydrogen) atoms. The number of rotatable bonds is 7. The second-order valence-electron chi connectivity index (χ2n) is 4.62. The summed E-state index contributed by atoms with van der Waals surface area (Å²) in [5.74, 6) is 1.36. The molecule has 1 aromatic heterocycles. The Morgan fingerprint density at radius 1 is 1.30 bits per heavy atom. The van der Waals surface area contributed by atoms with E-state index in [1.54, 1.807) is 30.2 Å². The summed E-state index contributed by atoms with van der Waals surface area (Å²) in [4.78, 5) is 0. The molecule has 0 aliphatic rings. The maximum atomic E-state index is 12.7. The van der Waals surface area contributed by atoms with E-state index in [0.29, 0.717) is 18.4 Å². The second-order valence-corrected chi connectivity index (χ2v) is 5.68. The summed E-state index contributed by atoms with van der Waals surface area (Å²) < 4.78 is 20.3. The minimum Gasteiger partial charge on any atom is -0.494 e. The number of nitrogens with zero attached hydrogens (tertiary/aromatic N) is 3. The van der Waals surface area contributed by atoms with Crippen molar-refractivity contribution < 1.29 is 9.13 Å². The molecule has 0 aliphatic carbocycles. The lowest BCUT2D eigenvalue weighted by Crippen LogP contribution is -2.03. The van der Waals surface area contributed by atoms with E-state index in [4.69, 9.17) is 4.74 Å². The number of ether oxygens (including phenoxy) is 1. The third-order valence-corrected chi connectivity index (χ3v) is 3.74. The molecule has 108 valence electrons. The van der Waals surface area contributed by atoms with Crippen LogP contribution in [0.3, 0.4) is 0 Å². The van der Waals surface area contributed by atoms with Crippen molar-refractivity contribution in [3.63, 3.8) is 0 Å². The Kier molecular flexibility index (Phi) is 5.40. The number of aromatic nitrogens is 3. The fourth-order valence-corrected chi connectivity index (χ4v) is 2.59. The van der Waals surface area contributed by atoms with Crippen molar-refractivity contribution in [2.24, 2.45) is 0 Å². The first-order chi connectivity index (χ1) is 9.66. The number of thioether (sulfide) groups is 1. The molecule has 0 radical (unpaired) electrons. The molecule has 0 atom stereocenters. The zero-order valence-electron chi connectivity index (χ0n) is 11.6. The Morgan fingerprint density at radius 2 is 2.05 bits per heavy atom. The predicted octanol–water partition coefficient (Wildman–Crippen LogP) is 3.56. The van der Waals surface area contributed by atoms with Gasteiger partial charge in [-0.05, 0) is 44.5 Å². The number of hydrogen-bond donors (Lipinski definition) is 0. The van der Waals surface area contributed by atoms with Gasteiger partial charge < -0.3 is 9.30 Å². The molecule has 2 rings (SSSR count). The van der Waals surface area contributed by atoms with E-state index in [9.17, 15) is 4.39 Å². The highest BCUT2D eigenvalue weighted by Gasteiger charge is 2.07. The van der Waals surface area contributed by atoms with Gasteiger partial charge in [0.15, 0.2) is 5.16 Å². The number of hydrogen-bond acceptors (Lipinski definition) is 4. The van der Waals surface area contributed by atoms with Gasteiger partial charge in [-0.3, -0.25) is 0 Å². The van der Waals surface area contributed by atoms with Crippen molar-refractivity contribution in [3.05, 3.63) is 36.4 Å². The van der Waals surface area contributed by atoms with E-state index in [1.165, 1.54) is 12.1 Å². The van der Waals surface area contributed by atoms with Crippen LogP contribution < -0.4 is 4.74 Å². The van der Waals surface area contributed by atoms with Crippen LogP contribution in [0.2, 0.25) is 0 Å². The largest absolute Gasteiger partial charge is 0.494 e. The van der Waals surface area contributed by atoms with Gasteiger partial charge in [0.05, 0.1) is 6.61 Å². The standard InChI is InChI=1S/C14H18FN3OS/c1-11(2)18-10-16-17-14(18)20-9-3-8-19-13-6-4-12(15)5-7-13/h4-7,10-11H,3,8-9H2,1-2H3. The number of benzene rings is 1. The van der Waals surface area contributed by atoms with Gasteiger partial charge in [-0.2, -0.15) is 0 Å². The smallest absolute Gasteiger partial charge is 0.191 e. The van der Waals surface area contributed by atoms with Crippen molar-refractivity contribution >= 4 is 11.8 Å². The van der Waals surface area contributed by atoms with Gasteiger partial charge in [-0.15, -0.1) is 10.2 Å². The molecule has 0 bridgehead atoms. The SMILES string of the molecule is CC(C)n1cnnc1SCCCOc1ccc(F)cc1. The minimum atomic E-state index is -0.249. The summed E-state index contributed by atoms with van der Waals surface area (Å²) in [6.07, 6.45) is 2.65. The Balaban J connectivity index is 1.69. The summed E-state index contributed by atoms with van der Waals surface area (Å²) in [6.45, 7) is 4.81. The average molecular weight is 295 g/mol. The highest BCUT2D eigenvalue weighted by Crippen LogP contribution is 2.19. The normalized spacial score (nSPS) is 11.0. The first-order valence-electron chi connectivity index (χ1n) is 6.57. The number of halogens is 1. The molecule has 0 spiro atoms. The van der Waals surface area contributed by atoms with Gasteiger partial charge in [0.25, 0.3) is 0 Å². The molecule has 0 aliphatic heterocycles. The van der Waals surface area contributed by atoms with E-state index in [0.717, 1.165) is 17.3 Å². The van der Waals surface area contributed by atoms with Gasteiger partial charge >= 0.3 is 0 Å².